The Hall–Kier alpha value is -1.69. The molecule has 1 N–H and O–H groups in total. The molecule has 0 saturated carbocycles. The van der Waals surface area contributed by atoms with Crippen molar-refractivity contribution < 1.29 is 19.0 Å². The summed E-state index contributed by atoms with van der Waals surface area (Å²) in [5.74, 6) is 1.15. The molecule has 2 aromatic rings. The first-order chi connectivity index (χ1) is 13.1. The Morgan fingerprint density at radius 1 is 1.07 bits per heavy atom. The molecule has 5 nitrogen and oxygen atoms in total. The molecule has 0 bridgehead atoms. The number of unbranched alkanes of at least 4 members (excludes halogenated alkanes) is 2. The largest absolute Gasteiger partial charge is 0.493 e. The van der Waals surface area contributed by atoms with Crippen molar-refractivity contribution in [3.63, 3.8) is 0 Å². The predicted molar refractivity (Wildman–Crippen MR) is 106 cm³/mol. The molecule has 0 aliphatic carbocycles. The van der Waals surface area contributed by atoms with Crippen molar-refractivity contribution in [2.75, 3.05) is 13.2 Å². The highest BCUT2D eigenvalue weighted by molar-refractivity contribution is 6.42. The van der Waals surface area contributed by atoms with E-state index in [0.29, 0.717) is 23.3 Å². The Labute approximate surface area is 168 Å². The van der Waals surface area contributed by atoms with Gasteiger partial charge in [0.15, 0.2) is 0 Å². The maximum Gasteiger partial charge on any atom is 0.227 e. The van der Waals surface area contributed by atoms with E-state index in [4.69, 9.17) is 42.2 Å². The van der Waals surface area contributed by atoms with Crippen LogP contribution in [-0.2, 0) is 13.0 Å². The minimum absolute atomic E-state index is 0.156. The van der Waals surface area contributed by atoms with Crippen LogP contribution in [0.5, 0.6) is 11.5 Å². The summed E-state index contributed by atoms with van der Waals surface area (Å²) in [4.78, 5) is 11.7. The molecule has 0 amide bonds. The fraction of sp³-hybridized carbons (Fsp3) is 0.450. The van der Waals surface area contributed by atoms with Crippen molar-refractivity contribution in [2.24, 2.45) is 0 Å². The molecule has 2 rings (SSSR count). The molecule has 0 saturated heterocycles. The van der Waals surface area contributed by atoms with Crippen LogP contribution in [0, 0.1) is 0 Å². The van der Waals surface area contributed by atoms with Crippen LogP contribution in [0.25, 0.3) is 0 Å². The molecule has 7 heteroatoms. The first kappa shape index (κ1) is 21.6. The van der Waals surface area contributed by atoms with E-state index in [0.717, 1.165) is 43.4 Å². The lowest BCUT2D eigenvalue weighted by Gasteiger charge is -2.13. The van der Waals surface area contributed by atoms with Gasteiger partial charge in [0, 0.05) is 11.6 Å². The minimum atomic E-state index is -0.311. The van der Waals surface area contributed by atoms with Gasteiger partial charge in [-0.1, -0.05) is 36.5 Å². The Kier molecular flexibility index (Phi) is 8.98. The summed E-state index contributed by atoms with van der Waals surface area (Å²) in [6.45, 7) is 2.76. The molecular weight excluding hydrogens is 391 g/mol. The number of hydrogen-bond donors (Lipinski definition) is 1. The number of hydrogen-bond acceptors (Lipinski definition) is 5. The Bertz CT molecular complexity index is 788. The van der Waals surface area contributed by atoms with Crippen LogP contribution in [0.15, 0.2) is 33.7 Å². The van der Waals surface area contributed by atoms with Crippen molar-refractivity contribution in [1.29, 1.82) is 0 Å². The minimum Gasteiger partial charge on any atom is -0.493 e. The van der Waals surface area contributed by atoms with Crippen LogP contribution in [-0.4, -0.2) is 18.3 Å². The van der Waals surface area contributed by atoms with Gasteiger partial charge in [0.2, 0.25) is 11.2 Å². The molecule has 148 valence electrons. The monoisotopic (exact) mass is 414 g/mol. The van der Waals surface area contributed by atoms with Gasteiger partial charge in [-0.3, -0.25) is 4.79 Å². The summed E-state index contributed by atoms with van der Waals surface area (Å²) in [5.41, 5.74) is 0.657. The van der Waals surface area contributed by atoms with E-state index in [9.17, 15) is 4.79 Å². The number of rotatable bonds is 11. The van der Waals surface area contributed by atoms with Gasteiger partial charge in [-0.2, -0.15) is 0 Å². The molecule has 1 aromatic carbocycles. The molecule has 1 heterocycles. The maximum absolute atomic E-state index is 11.7. The maximum atomic E-state index is 11.7. The number of ether oxygens (including phenoxy) is 2. The second-order valence-corrected chi connectivity index (χ2v) is 6.86. The zero-order chi connectivity index (χ0) is 19.6. The normalized spacial score (nSPS) is 10.8. The highest BCUT2D eigenvalue weighted by Gasteiger charge is 2.11. The molecule has 0 spiro atoms. The van der Waals surface area contributed by atoms with Crippen molar-refractivity contribution in [3.05, 3.63) is 56.1 Å². The van der Waals surface area contributed by atoms with Crippen LogP contribution in [0.1, 0.15) is 43.9 Å². The quantitative estimate of drug-likeness (QED) is 0.522. The second kappa shape index (κ2) is 11.2. The van der Waals surface area contributed by atoms with E-state index in [2.05, 4.69) is 6.92 Å². The molecule has 27 heavy (non-hydrogen) atoms. The van der Waals surface area contributed by atoms with Crippen molar-refractivity contribution in [1.82, 2.24) is 0 Å². The number of halogens is 2. The third-order valence-corrected chi connectivity index (χ3v) is 4.81. The van der Waals surface area contributed by atoms with Gasteiger partial charge in [-0.25, -0.2) is 0 Å². The van der Waals surface area contributed by atoms with Crippen LogP contribution in [0.2, 0.25) is 10.0 Å². The first-order valence-corrected chi connectivity index (χ1v) is 9.77. The topological polar surface area (TPSA) is 68.9 Å². The third-order valence-electron chi connectivity index (χ3n) is 3.97. The van der Waals surface area contributed by atoms with E-state index in [1.165, 1.54) is 12.3 Å². The van der Waals surface area contributed by atoms with Crippen LogP contribution in [0.4, 0.5) is 0 Å². The van der Waals surface area contributed by atoms with Gasteiger partial charge in [0.1, 0.15) is 24.4 Å². The van der Waals surface area contributed by atoms with E-state index in [1.54, 1.807) is 6.07 Å². The highest BCUT2D eigenvalue weighted by Crippen LogP contribution is 2.34. The molecule has 0 radical (unpaired) electrons. The van der Waals surface area contributed by atoms with Crippen molar-refractivity contribution in [2.45, 2.75) is 45.6 Å². The molecule has 0 aliphatic heterocycles. The molecule has 0 atom stereocenters. The van der Waals surface area contributed by atoms with Crippen molar-refractivity contribution >= 4 is 23.2 Å². The molecular formula is C20H24Cl2O5. The molecule has 0 fully saturated rings. The summed E-state index contributed by atoms with van der Waals surface area (Å²) in [7, 11) is 0. The van der Waals surface area contributed by atoms with Gasteiger partial charge in [-0.15, -0.1) is 0 Å². The van der Waals surface area contributed by atoms with E-state index < -0.39 is 0 Å². The van der Waals surface area contributed by atoms with Gasteiger partial charge >= 0.3 is 0 Å². The predicted octanol–water partition coefficient (Wildman–Crippen LogP) is 5.02. The van der Waals surface area contributed by atoms with Crippen LogP contribution >= 0.6 is 23.2 Å². The lowest BCUT2D eigenvalue weighted by Crippen LogP contribution is -2.09. The third kappa shape index (κ3) is 6.45. The van der Waals surface area contributed by atoms with Crippen LogP contribution < -0.4 is 14.9 Å². The summed E-state index contributed by atoms with van der Waals surface area (Å²) >= 11 is 12.3. The molecule has 0 unspecified atom stereocenters. The Morgan fingerprint density at radius 2 is 1.78 bits per heavy atom. The van der Waals surface area contributed by atoms with E-state index >= 15 is 0 Å². The second-order valence-electron chi connectivity index (χ2n) is 6.08. The van der Waals surface area contributed by atoms with Crippen LogP contribution in [0.3, 0.4) is 0 Å². The van der Waals surface area contributed by atoms with Gasteiger partial charge in [0.05, 0.1) is 23.3 Å². The van der Waals surface area contributed by atoms with E-state index in [1.807, 2.05) is 6.07 Å². The zero-order valence-electron chi connectivity index (χ0n) is 15.3. The zero-order valence-corrected chi connectivity index (χ0v) is 16.8. The first-order valence-electron chi connectivity index (χ1n) is 9.01. The fourth-order valence-corrected chi connectivity index (χ4v) is 2.99. The summed E-state index contributed by atoms with van der Waals surface area (Å²) < 4.78 is 16.3. The van der Waals surface area contributed by atoms with E-state index in [-0.39, 0.29) is 23.5 Å². The fourth-order valence-electron chi connectivity index (χ4n) is 2.56. The summed E-state index contributed by atoms with van der Waals surface area (Å²) in [5, 5.41) is 10.0. The smallest absolute Gasteiger partial charge is 0.227 e. The average molecular weight is 415 g/mol. The van der Waals surface area contributed by atoms with Gasteiger partial charge in [0.25, 0.3) is 0 Å². The Balaban J connectivity index is 1.71. The standard InChI is InChI=1S/C20H24Cl2O5/c1-2-6-15-18(8-7-16(21)20(15)22)25-9-4-3-5-10-26-19-13-27-14(12-23)11-17(19)24/h7-8,11,13,23H,2-6,9-10,12H2,1H3. The van der Waals surface area contributed by atoms with Gasteiger partial charge in [-0.05, 0) is 37.8 Å². The molecule has 1 aromatic heterocycles. The summed E-state index contributed by atoms with van der Waals surface area (Å²) in [6, 6.07) is 4.84. The number of benzene rings is 1. The SMILES string of the molecule is CCCc1c(OCCCCCOc2coc(CO)cc2=O)ccc(Cl)c1Cl. The molecule has 0 aliphatic rings. The average Bonchev–Trinajstić information content (AvgIpc) is 2.67. The number of aliphatic hydroxyl groups excluding tert-OH is 1. The Morgan fingerprint density at radius 3 is 2.41 bits per heavy atom. The lowest BCUT2D eigenvalue weighted by atomic mass is 10.1. The van der Waals surface area contributed by atoms with Gasteiger partial charge < -0.3 is 19.0 Å². The highest BCUT2D eigenvalue weighted by atomic mass is 35.5. The van der Waals surface area contributed by atoms with Crippen molar-refractivity contribution in [3.8, 4) is 11.5 Å². The lowest BCUT2D eigenvalue weighted by molar-refractivity contribution is 0.235. The number of aliphatic hydroxyl groups is 1. The summed E-state index contributed by atoms with van der Waals surface area (Å²) in [6.07, 6.45) is 5.54.